The lowest BCUT2D eigenvalue weighted by molar-refractivity contribution is 0.0691. The van der Waals surface area contributed by atoms with Gasteiger partial charge in [-0.2, -0.15) is 5.10 Å². The van der Waals surface area contributed by atoms with E-state index in [0.717, 1.165) is 27.7 Å². The Bertz CT molecular complexity index is 1070. The van der Waals surface area contributed by atoms with Crippen LogP contribution in [0.5, 0.6) is 0 Å². The van der Waals surface area contributed by atoms with Crippen LogP contribution in [0.25, 0.3) is 27.3 Å². The summed E-state index contributed by atoms with van der Waals surface area (Å²) < 4.78 is 1.72. The zero-order valence-corrected chi connectivity index (χ0v) is 13.6. The maximum atomic E-state index is 11.1. The summed E-state index contributed by atoms with van der Waals surface area (Å²) in [5, 5.41) is 16.9. The van der Waals surface area contributed by atoms with Crippen LogP contribution in [-0.2, 0) is 0 Å². The lowest BCUT2D eigenvalue weighted by atomic mass is 10.0. The van der Waals surface area contributed by atoms with Crippen molar-refractivity contribution in [3.63, 3.8) is 0 Å². The zero-order chi connectivity index (χ0) is 16.7. The fourth-order valence-corrected chi connectivity index (χ4v) is 3.47. The highest BCUT2D eigenvalue weighted by Gasteiger charge is 2.17. The van der Waals surface area contributed by atoms with Crippen molar-refractivity contribution in [3.05, 3.63) is 65.2 Å². The molecule has 0 radical (unpaired) electrons. The Morgan fingerprint density at radius 2 is 1.88 bits per heavy atom. The van der Waals surface area contributed by atoms with E-state index in [2.05, 4.69) is 18.0 Å². The topological polar surface area (TPSA) is 68.0 Å². The number of aromatic nitrogens is 3. The molecule has 4 aromatic rings. The largest absolute Gasteiger partial charge is 0.476 e. The van der Waals surface area contributed by atoms with Crippen LogP contribution in [0.15, 0.2) is 53.9 Å². The number of hydrogen-bond acceptors (Lipinski definition) is 4. The van der Waals surface area contributed by atoms with Crippen LogP contribution < -0.4 is 0 Å². The van der Waals surface area contributed by atoms with Gasteiger partial charge in [0.2, 0.25) is 5.13 Å². The molecule has 0 aliphatic carbocycles. The van der Waals surface area contributed by atoms with Gasteiger partial charge in [-0.3, -0.25) is 0 Å². The number of hydrogen-bond donors (Lipinski definition) is 1. The molecule has 2 aromatic heterocycles. The third-order valence-electron chi connectivity index (χ3n) is 3.88. The molecule has 2 heterocycles. The molecule has 0 bridgehead atoms. The van der Waals surface area contributed by atoms with E-state index in [1.165, 1.54) is 16.7 Å². The molecule has 2 aromatic carbocycles. The van der Waals surface area contributed by atoms with Crippen molar-refractivity contribution in [1.29, 1.82) is 0 Å². The van der Waals surface area contributed by atoms with Crippen LogP contribution in [0.4, 0.5) is 0 Å². The number of nitrogens with zero attached hydrogens (tertiary/aromatic N) is 3. The third kappa shape index (κ3) is 2.28. The van der Waals surface area contributed by atoms with E-state index in [0.29, 0.717) is 5.13 Å². The first-order valence-corrected chi connectivity index (χ1v) is 8.26. The molecular formula is C18H13N3O2S. The Morgan fingerprint density at radius 3 is 2.62 bits per heavy atom. The first kappa shape index (κ1) is 14.6. The Kier molecular flexibility index (Phi) is 3.39. The Labute approximate surface area is 141 Å². The van der Waals surface area contributed by atoms with Gasteiger partial charge in [0.25, 0.3) is 0 Å². The van der Waals surface area contributed by atoms with Crippen LogP contribution in [0, 0.1) is 6.92 Å². The van der Waals surface area contributed by atoms with Gasteiger partial charge in [0.05, 0.1) is 5.52 Å². The monoisotopic (exact) mass is 335 g/mol. The summed E-state index contributed by atoms with van der Waals surface area (Å²) in [4.78, 5) is 15.3. The minimum absolute atomic E-state index is 0.0343. The number of para-hydroxylation sites is 1. The van der Waals surface area contributed by atoms with Gasteiger partial charge in [0.15, 0.2) is 5.69 Å². The summed E-state index contributed by atoms with van der Waals surface area (Å²) in [5.74, 6) is -1.03. The highest BCUT2D eigenvalue weighted by atomic mass is 32.1. The van der Waals surface area contributed by atoms with Crippen molar-refractivity contribution >= 4 is 28.2 Å². The number of carbonyl (C=O) groups is 1. The van der Waals surface area contributed by atoms with E-state index in [1.807, 2.05) is 42.5 Å². The molecule has 0 fully saturated rings. The van der Waals surface area contributed by atoms with Crippen molar-refractivity contribution in [2.75, 3.05) is 0 Å². The molecule has 0 saturated heterocycles. The van der Waals surface area contributed by atoms with E-state index in [1.54, 1.807) is 4.68 Å². The lowest BCUT2D eigenvalue weighted by Crippen LogP contribution is -2.00. The summed E-state index contributed by atoms with van der Waals surface area (Å²) in [5.41, 5.74) is 4.01. The number of fused-ring (bicyclic) bond motifs is 1. The molecule has 24 heavy (non-hydrogen) atoms. The number of rotatable bonds is 3. The lowest BCUT2D eigenvalue weighted by Gasteiger charge is -2.02. The van der Waals surface area contributed by atoms with Crippen molar-refractivity contribution in [2.24, 2.45) is 0 Å². The second-order valence-electron chi connectivity index (χ2n) is 5.41. The first-order valence-electron chi connectivity index (χ1n) is 7.38. The highest BCUT2D eigenvalue weighted by molar-refractivity contribution is 7.12. The van der Waals surface area contributed by atoms with Crippen LogP contribution in [0.1, 0.15) is 16.1 Å². The molecule has 0 atom stereocenters. The first-order chi connectivity index (χ1) is 11.6. The maximum Gasteiger partial charge on any atom is 0.355 e. The summed E-state index contributed by atoms with van der Waals surface area (Å²) in [6.07, 6.45) is 0. The Hall–Kier alpha value is -2.99. The maximum absolute atomic E-state index is 11.1. The van der Waals surface area contributed by atoms with Crippen LogP contribution in [0.2, 0.25) is 0 Å². The Morgan fingerprint density at radius 1 is 1.12 bits per heavy atom. The van der Waals surface area contributed by atoms with Gasteiger partial charge in [-0.25, -0.2) is 14.5 Å². The molecule has 6 heteroatoms. The van der Waals surface area contributed by atoms with E-state index in [9.17, 15) is 4.79 Å². The minimum atomic E-state index is -1.03. The number of carboxylic acids is 1. The van der Waals surface area contributed by atoms with Crippen LogP contribution in [0.3, 0.4) is 0 Å². The van der Waals surface area contributed by atoms with E-state index in [4.69, 9.17) is 10.2 Å². The third-order valence-corrected chi connectivity index (χ3v) is 4.70. The predicted molar refractivity (Wildman–Crippen MR) is 93.9 cm³/mol. The second kappa shape index (κ2) is 5.58. The van der Waals surface area contributed by atoms with Gasteiger partial charge in [-0.15, -0.1) is 11.3 Å². The fraction of sp³-hybridized carbons (Fsp3) is 0.0556. The van der Waals surface area contributed by atoms with Crippen LogP contribution >= 0.6 is 11.3 Å². The van der Waals surface area contributed by atoms with Crippen molar-refractivity contribution < 1.29 is 9.90 Å². The van der Waals surface area contributed by atoms with Gasteiger partial charge in [0, 0.05) is 16.3 Å². The van der Waals surface area contributed by atoms with Crippen LogP contribution in [-0.4, -0.2) is 25.8 Å². The minimum Gasteiger partial charge on any atom is -0.476 e. The summed E-state index contributed by atoms with van der Waals surface area (Å²) >= 11 is 1.27. The van der Waals surface area contributed by atoms with Gasteiger partial charge in [-0.1, -0.05) is 42.5 Å². The molecule has 0 spiro atoms. The molecule has 5 nitrogen and oxygen atoms in total. The molecule has 0 saturated carbocycles. The van der Waals surface area contributed by atoms with Gasteiger partial charge in [-0.05, 0) is 18.6 Å². The van der Waals surface area contributed by atoms with Gasteiger partial charge >= 0.3 is 5.97 Å². The Balaban J connectivity index is 1.97. The van der Waals surface area contributed by atoms with Gasteiger partial charge in [0.1, 0.15) is 5.69 Å². The molecule has 1 N–H and O–H groups in total. The predicted octanol–water partition coefficient (Wildman–Crippen LogP) is 4.16. The molecule has 118 valence electrons. The normalized spacial score (nSPS) is 11.0. The van der Waals surface area contributed by atoms with E-state index in [-0.39, 0.29) is 5.69 Å². The smallest absolute Gasteiger partial charge is 0.355 e. The quantitative estimate of drug-likeness (QED) is 0.610. The second-order valence-corrected chi connectivity index (χ2v) is 6.25. The molecule has 0 unspecified atom stereocenters. The number of aromatic carboxylic acids is 1. The molecule has 4 rings (SSSR count). The van der Waals surface area contributed by atoms with E-state index >= 15 is 0 Å². The highest BCUT2D eigenvalue weighted by Crippen LogP contribution is 2.32. The van der Waals surface area contributed by atoms with E-state index < -0.39 is 5.97 Å². The average molecular weight is 335 g/mol. The van der Waals surface area contributed by atoms with Gasteiger partial charge < -0.3 is 5.11 Å². The summed E-state index contributed by atoms with van der Waals surface area (Å²) in [6.45, 7) is 2.05. The fourth-order valence-electron chi connectivity index (χ4n) is 2.71. The molecule has 0 aliphatic heterocycles. The summed E-state index contributed by atoms with van der Waals surface area (Å²) in [7, 11) is 0. The standard InChI is InChI=1S/C18H13N3O2S/c1-11-6-2-3-7-12(11)16-13-8-4-5-9-15(13)21(20-16)18-19-14(10-24-18)17(22)23/h2-10H,1H3,(H,22,23). The van der Waals surface area contributed by atoms with Crippen molar-refractivity contribution in [1.82, 2.24) is 14.8 Å². The molecular weight excluding hydrogens is 322 g/mol. The average Bonchev–Trinajstić information content (AvgIpc) is 3.20. The molecule has 0 amide bonds. The summed E-state index contributed by atoms with van der Waals surface area (Å²) in [6, 6.07) is 16.0. The SMILES string of the molecule is Cc1ccccc1-c1nn(-c2nc(C(=O)O)cs2)c2ccccc12. The number of thiazole rings is 1. The zero-order valence-electron chi connectivity index (χ0n) is 12.8. The molecule has 0 aliphatic rings. The van der Waals surface area contributed by atoms with Crippen molar-refractivity contribution in [3.8, 4) is 16.4 Å². The number of carboxylic acid groups (broad SMARTS) is 1. The van der Waals surface area contributed by atoms with Crippen molar-refractivity contribution in [2.45, 2.75) is 6.92 Å². The number of aryl methyl sites for hydroxylation is 1. The number of benzene rings is 2.